The van der Waals surface area contributed by atoms with Gasteiger partial charge in [-0.1, -0.05) is 6.08 Å². The highest BCUT2D eigenvalue weighted by Crippen LogP contribution is 2.10. The Balaban J connectivity index is 2.17. The molecule has 0 aliphatic carbocycles. The van der Waals surface area contributed by atoms with Gasteiger partial charge < -0.3 is 11.1 Å². The van der Waals surface area contributed by atoms with Crippen molar-refractivity contribution in [2.45, 2.75) is 0 Å². The zero-order valence-electron chi connectivity index (χ0n) is 9.84. The highest BCUT2D eigenvalue weighted by atomic mass is 16.1. The van der Waals surface area contributed by atoms with Crippen LogP contribution < -0.4 is 11.1 Å². The van der Waals surface area contributed by atoms with Crippen LogP contribution in [0.2, 0.25) is 0 Å². The number of amides is 1. The van der Waals surface area contributed by atoms with Crippen molar-refractivity contribution in [3.63, 3.8) is 0 Å². The van der Waals surface area contributed by atoms with E-state index in [9.17, 15) is 4.79 Å². The molecule has 0 bridgehead atoms. The number of nitrogens with one attached hydrogen (secondary N) is 1. The summed E-state index contributed by atoms with van der Waals surface area (Å²) >= 11 is 0. The van der Waals surface area contributed by atoms with Crippen molar-refractivity contribution in [2.75, 3.05) is 12.3 Å². The molecule has 18 heavy (non-hydrogen) atoms. The number of hydrogen-bond donors (Lipinski definition) is 2. The number of aromatic nitrogens is 2. The van der Waals surface area contributed by atoms with Crippen molar-refractivity contribution in [1.29, 1.82) is 0 Å². The average Bonchev–Trinajstić information content (AvgIpc) is 2.86. The third-order valence-electron chi connectivity index (χ3n) is 2.39. The van der Waals surface area contributed by atoms with Crippen molar-refractivity contribution >= 4 is 11.6 Å². The van der Waals surface area contributed by atoms with E-state index in [4.69, 9.17) is 5.73 Å². The first kappa shape index (κ1) is 11.9. The van der Waals surface area contributed by atoms with E-state index in [0.29, 0.717) is 17.9 Å². The summed E-state index contributed by atoms with van der Waals surface area (Å²) in [5, 5.41) is 6.86. The lowest BCUT2D eigenvalue weighted by Gasteiger charge is -2.01. The number of carbonyl (C=O) groups is 1. The van der Waals surface area contributed by atoms with Gasteiger partial charge in [0.15, 0.2) is 5.69 Å². The molecule has 2 aromatic rings. The van der Waals surface area contributed by atoms with E-state index in [0.717, 1.165) is 5.69 Å². The van der Waals surface area contributed by atoms with Gasteiger partial charge in [0.1, 0.15) is 0 Å². The van der Waals surface area contributed by atoms with Crippen molar-refractivity contribution in [2.24, 2.45) is 0 Å². The molecule has 1 amide bonds. The molecule has 0 saturated heterocycles. The first-order valence-corrected chi connectivity index (χ1v) is 5.51. The zero-order valence-corrected chi connectivity index (χ0v) is 9.84. The molecule has 0 atom stereocenters. The number of carbonyl (C=O) groups excluding carboxylic acids is 1. The Kier molecular flexibility index (Phi) is 3.43. The molecule has 0 radical (unpaired) electrons. The lowest BCUT2D eigenvalue weighted by atomic mass is 10.3. The molecular weight excluding hydrogens is 228 g/mol. The van der Waals surface area contributed by atoms with Gasteiger partial charge in [-0.05, 0) is 30.3 Å². The molecule has 0 unspecified atom stereocenters. The monoisotopic (exact) mass is 242 g/mol. The van der Waals surface area contributed by atoms with E-state index < -0.39 is 0 Å². The second-order valence-corrected chi connectivity index (χ2v) is 3.74. The second-order valence-electron chi connectivity index (χ2n) is 3.74. The summed E-state index contributed by atoms with van der Waals surface area (Å²) in [6, 6.07) is 8.92. The number of benzene rings is 1. The minimum Gasteiger partial charge on any atom is -0.399 e. The van der Waals surface area contributed by atoms with Crippen LogP contribution in [0.25, 0.3) is 5.69 Å². The summed E-state index contributed by atoms with van der Waals surface area (Å²) in [6.45, 7) is 3.96. The Labute approximate surface area is 105 Å². The first-order valence-electron chi connectivity index (χ1n) is 5.51. The molecule has 92 valence electrons. The van der Waals surface area contributed by atoms with Crippen molar-refractivity contribution in [1.82, 2.24) is 15.1 Å². The van der Waals surface area contributed by atoms with Gasteiger partial charge in [-0.2, -0.15) is 5.10 Å². The number of rotatable bonds is 4. The zero-order chi connectivity index (χ0) is 13.0. The van der Waals surface area contributed by atoms with Crippen LogP contribution in [0.4, 0.5) is 5.69 Å². The summed E-state index contributed by atoms with van der Waals surface area (Å²) in [7, 11) is 0. The predicted octanol–water partition coefficient (Wildman–Crippen LogP) is 1.37. The van der Waals surface area contributed by atoms with E-state index in [1.807, 2.05) is 12.1 Å². The van der Waals surface area contributed by atoms with Gasteiger partial charge in [-0.15, -0.1) is 6.58 Å². The first-order chi connectivity index (χ1) is 8.70. The van der Waals surface area contributed by atoms with Crippen LogP contribution in [0.1, 0.15) is 10.5 Å². The molecule has 0 aliphatic rings. The maximum absolute atomic E-state index is 11.6. The van der Waals surface area contributed by atoms with Crippen LogP contribution in [0, 0.1) is 0 Å². The van der Waals surface area contributed by atoms with E-state index in [2.05, 4.69) is 17.0 Å². The lowest BCUT2D eigenvalue weighted by molar-refractivity contribution is 0.0952. The van der Waals surface area contributed by atoms with Crippen LogP contribution in [0.15, 0.2) is 49.2 Å². The molecule has 0 fully saturated rings. The lowest BCUT2D eigenvalue weighted by Crippen LogP contribution is -2.23. The molecule has 1 heterocycles. The van der Waals surface area contributed by atoms with E-state index in [1.165, 1.54) is 0 Å². The van der Waals surface area contributed by atoms with Crippen LogP contribution in [-0.2, 0) is 0 Å². The number of nitrogens with zero attached hydrogens (tertiary/aromatic N) is 2. The van der Waals surface area contributed by atoms with Gasteiger partial charge in [-0.25, -0.2) is 4.68 Å². The Morgan fingerprint density at radius 1 is 1.39 bits per heavy atom. The standard InChI is InChI=1S/C13H14N4O/c1-2-8-15-13(18)12-7-9-17(16-12)11-5-3-10(14)4-6-11/h2-7,9H,1,8,14H2,(H,15,18). The molecule has 2 rings (SSSR count). The molecular formula is C13H14N4O. The molecule has 1 aromatic heterocycles. The summed E-state index contributed by atoms with van der Waals surface area (Å²) in [6.07, 6.45) is 3.35. The Bertz CT molecular complexity index is 557. The fourth-order valence-electron chi connectivity index (χ4n) is 1.47. The van der Waals surface area contributed by atoms with Crippen LogP contribution in [-0.4, -0.2) is 22.2 Å². The number of hydrogen-bond acceptors (Lipinski definition) is 3. The smallest absolute Gasteiger partial charge is 0.272 e. The Hall–Kier alpha value is -2.56. The SMILES string of the molecule is C=CCNC(=O)c1ccn(-c2ccc(N)cc2)n1. The van der Waals surface area contributed by atoms with Gasteiger partial charge in [0.05, 0.1) is 5.69 Å². The molecule has 0 spiro atoms. The van der Waals surface area contributed by atoms with Crippen LogP contribution in [0.3, 0.4) is 0 Å². The van der Waals surface area contributed by atoms with E-state index in [1.54, 1.807) is 35.2 Å². The van der Waals surface area contributed by atoms with Gasteiger partial charge in [0.2, 0.25) is 0 Å². The maximum atomic E-state index is 11.6. The van der Waals surface area contributed by atoms with Crippen molar-refractivity contribution in [3.8, 4) is 5.69 Å². The van der Waals surface area contributed by atoms with Gasteiger partial charge >= 0.3 is 0 Å². The summed E-state index contributed by atoms with van der Waals surface area (Å²) in [5.41, 5.74) is 7.52. The highest BCUT2D eigenvalue weighted by molar-refractivity contribution is 5.92. The number of anilines is 1. The maximum Gasteiger partial charge on any atom is 0.272 e. The van der Waals surface area contributed by atoms with Gasteiger partial charge in [0.25, 0.3) is 5.91 Å². The predicted molar refractivity (Wildman–Crippen MR) is 70.5 cm³/mol. The fourth-order valence-corrected chi connectivity index (χ4v) is 1.47. The fraction of sp³-hybridized carbons (Fsp3) is 0.0769. The van der Waals surface area contributed by atoms with Crippen molar-refractivity contribution < 1.29 is 4.79 Å². The summed E-state index contributed by atoms with van der Waals surface area (Å²) in [5.74, 6) is -0.218. The molecule has 3 N–H and O–H groups in total. The van der Waals surface area contributed by atoms with E-state index in [-0.39, 0.29) is 5.91 Å². The molecule has 5 nitrogen and oxygen atoms in total. The molecule has 1 aromatic carbocycles. The normalized spacial score (nSPS) is 10.0. The van der Waals surface area contributed by atoms with Crippen molar-refractivity contribution in [3.05, 3.63) is 54.9 Å². The molecule has 0 saturated carbocycles. The van der Waals surface area contributed by atoms with Gasteiger partial charge in [0, 0.05) is 18.4 Å². The third kappa shape index (κ3) is 2.57. The minimum absolute atomic E-state index is 0.218. The topological polar surface area (TPSA) is 72.9 Å². The number of nitrogen functional groups attached to an aromatic ring is 1. The second kappa shape index (κ2) is 5.18. The van der Waals surface area contributed by atoms with E-state index >= 15 is 0 Å². The van der Waals surface area contributed by atoms with Crippen LogP contribution in [0.5, 0.6) is 0 Å². The highest BCUT2D eigenvalue weighted by Gasteiger charge is 2.08. The van der Waals surface area contributed by atoms with Crippen LogP contribution >= 0.6 is 0 Å². The largest absolute Gasteiger partial charge is 0.399 e. The number of nitrogens with two attached hydrogens (primary N) is 1. The van der Waals surface area contributed by atoms with Gasteiger partial charge in [-0.3, -0.25) is 4.79 Å². The average molecular weight is 242 g/mol. The molecule has 0 aliphatic heterocycles. The third-order valence-corrected chi connectivity index (χ3v) is 2.39. The summed E-state index contributed by atoms with van der Waals surface area (Å²) < 4.78 is 1.63. The molecule has 5 heteroatoms. The Morgan fingerprint density at radius 3 is 2.78 bits per heavy atom. The summed E-state index contributed by atoms with van der Waals surface area (Å²) in [4.78, 5) is 11.6. The quantitative estimate of drug-likeness (QED) is 0.628. The minimum atomic E-state index is -0.218. The Morgan fingerprint density at radius 2 is 2.11 bits per heavy atom.